The summed E-state index contributed by atoms with van der Waals surface area (Å²) in [7, 11) is 0. The Morgan fingerprint density at radius 2 is 1.45 bits per heavy atom. The molecule has 3 aromatic rings. The number of alkyl halides is 3. The minimum absolute atomic E-state index is 0.110. The normalized spacial score (nSPS) is 20.1. The van der Waals surface area contributed by atoms with Crippen molar-refractivity contribution in [2.45, 2.75) is 31.2 Å². The lowest BCUT2D eigenvalue weighted by Crippen LogP contribution is -2.55. The van der Waals surface area contributed by atoms with Crippen molar-refractivity contribution in [1.82, 2.24) is 14.8 Å². The highest BCUT2D eigenvalue weighted by Crippen LogP contribution is 2.31. The average Bonchev–Trinajstić information content (AvgIpc) is 3.38. The largest absolute Gasteiger partial charge is 0.490 e. The van der Waals surface area contributed by atoms with Crippen molar-refractivity contribution in [3.63, 3.8) is 0 Å². The molecular formula is C30H31F3N4O3. The van der Waals surface area contributed by atoms with E-state index >= 15 is 0 Å². The van der Waals surface area contributed by atoms with Gasteiger partial charge in [0, 0.05) is 38.4 Å². The van der Waals surface area contributed by atoms with Gasteiger partial charge < -0.3 is 14.5 Å². The van der Waals surface area contributed by atoms with E-state index in [1.807, 2.05) is 90.7 Å². The molecule has 2 aliphatic rings. The number of halogens is 3. The summed E-state index contributed by atoms with van der Waals surface area (Å²) in [6.45, 7) is 4.25. The van der Waals surface area contributed by atoms with E-state index < -0.39 is 30.2 Å². The number of hydrogen-bond acceptors (Lipinski definition) is 6. The van der Waals surface area contributed by atoms with Crippen molar-refractivity contribution < 1.29 is 27.5 Å². The minimum Gasteiger partial charge on any atom is -0.452 e. The molecule has 0 saturated carbocycles. The highest BCUT2D eigenvalue weighted by atomic mass is 19.4. The van der Waals surface area contributed by atoms with Crippen molar-refractivity contribution in [1.29, 1.82) is 0 Å². The van der Waals surface area contributed by atoms with Gasteiger partial charge in [0.1, 0.15) is 11.9 Å². The molecule has 0 aliphatic carbocycles. The van der Waals surface area contributed by atoms with Crippen LogP contribution in [0.2, 0.25) is 0 Å². The van der Waals surface area contributed by atoms with Crippen molar-refractivity contribution in [2.75, 3.05) is 44.2 Å². The highest BCUT2D eigenvalue weighted by Gasteiger charge is 2.48. The molecule has 2 aliphatic heterocycles. The molecule has 1 aromatic heterocycles. The molecule has 1 amide bonds. The van der Waals surface area contributed by atoms with E-state index in [0.29, 0.717) is 26.2 Å². The number of piperazine rings is 1. The van der Waals surface area contributed by atoms with E-state index in [1.165, 1.54) is 4.90 Å². The summed E-state index contributed by atoms with van der Waals surface area (Å²) in [6, 6.07) is 23.8. The van der Waals surface area contributed by atoms with Crippen LogP contribution in [-0.4, -0.2) is 84.3 Å². The van der Waals surface area contributed by atoms with Gasteiger partial charge in [-0.3, -0.25) is 9.69 Å². The Morgan fingerprint density at radius 3 is 2.00 bits per heavy atom. The van der Waals surface area contributed by atoms with Crippen molar-refractivity contribution in [2.24, 2.45) is 0 Å². The molecule has 0 radical (unpaired) electrons. The number of likely N-dealkylation sites (tertiary alicyclic amines) is 1. The summed E-state index contributed by atoms with van der Waals surface area (Å²) in [5.41, 5.74) is 2.46. The number of benzene rings is 2. The quantitative estimate of drug-likeness (QED) is 0.431. The molecule has 2 atom stereocenters. The van der Waals surface area contributed by atoms with E-state index in [1.54, 1.807) is 0 Å². The zero-order chi connectivity index (χ0) is 28.3. The lowest BCUT2D eigenvalue weighted by molar-refractivity contribution is -0.206. The molecule has 5 rings (SSSR count). The Morgan fingerprint density at radius 1 is 0.850 bits per heavy atom. The van der Waals surface area contributed by atoms with Crippen LogP contribution in [0.25, 0.3) is 0 Å². The third kappa shape index (κ3) is 6.12. The van der Waals surface area contributed by atoms with E-state index in [0.717, 1.165) is 22.6 Å². The number of anilines is 1. The lowest BCUT2D eigenvalue weighted by atomic mass is 9.90. The number of carbonyl (C=O) groups is 2. The number of aryl methyl sites for hydroxylation is 1. The summed E-state index contributed by atoms with van der Waals surface area (Å²) in [5.74, 6) is -2.27. The van der Waals surface area contributed by atoms with Crippen LogP contribution in [0.3, 0.4) is 0 Å². The van der Waals surface area contributed by atoms with Crippen LogP contribution in [0.1, 0.15) is 22.7 Å². The number of hydrogen-bond donors (Lipinski definition) is 0. The first-order valence-corrected chi connectivity index (χ1v) is 13.3. The fraction of sp³-hybridized carbons (Fsp3) is 0.367. The van der Waals surface area contributed by atoms with Gasteiger partial charge in [-0.25, -0.2) is 9.78 Å². The summed E-state index contributed by atoms with van der Waals surface area (Å²) < 4.78 is 44.6. The standard InChI is InChI=1S/C30H31F3N4O3/c1-21-9-8-14-26(34-21)36-17-15-35(16-18-36)24-19-37(20-25(24)40-29(39)30(31,32)33)28(38)27(22-10-4-2-5-11-22)23-12-6-3-7-13-23/h2-14,24-25,27H,15-20H2,1H3/t24-,25-/m0/s1. The van der Waals surface area contributed by atoms with Gasteiger partial charge in [0.25, 0.3) is 0 Å². The Kier molecular flexibility index (Phi) is 8.07. The predicted octanol–water partition coefficient (Wildman–Crippen LogP) is 4.03. The van der Waals surface area contributed by atoms with Gasteiger partial charge >= 0.3 is 12.1 Å². The molecular weight excluding hydrogens is 521 g/mol. The number of pyridine rings is 1. The zero-order valence-electron chi connectivity index (χ0n) is 22.1. The van der Waals surface area contributed by atoms with Crippen molar-refractivity contribution in [3.05, 3.63) is 95.7 Å². The van der Waals surface area contributed by atoms with Crippen LogP contribution in [0.15, 0.2) is 78.9 Å². The van der Waals surface area contributed by atoms with Gasteiger partial charge in [0.05, 0.1) is 18.5 Å². The van der Waals surface area contributed by atoms with Gasteiger partial charge in [0.2, 0.25) is 5.91 Å². The Bertz CT molecular complexity index is 1280. The number of carbonyl (C=O) groups excluding carboxylic acids is 2. The summed E-state index contributed by atoms with van der Waals surface area (Å²) in [4.78, 5) is 36.1. The molecule has 2 fully saturated rings. The predicted molar refractivity (Wildman–Crippen MR) is 144 cm³/mol. The van der Waals surface area contributed by atoms with Crippen LogP contribution >= 0.6 is 0 Å². The third-order valence-corrected chi connectivity index (χ3v) is 7.53. The lowest BCUT2D eigenvalue weighted by Gasteiger charge is -2.39. The van der Waals surface area contributed by atoms with Gasteiger partial charge in [-0.1, -0.05) is 66.7 Å². The molecule has 210 valence electrons. The SMILES string of the molecule is Cc1cccc(N2CCN([C@H]3CN(C(=O)C(c4ccccc4)c4ccccc4)C[C@@H]3OC(=O)C(F)(F)F)CC2)n1. The van der Waals surface area contributed by atoms with E-state index in [-0.39, 0.29) is 19.0 Å². The second-order valence-corrected chi connectivity index (χ2v) is 10.2. The zero-order valence-corrected chi connectivity index (χ0v) is 22.1. The minimum atomic E-state index is -5.12. The topological polar surface area (TPSA) is 66.0 Å². The molecule has 0 unspecified atom stereocenters. The van der Waals surface area contributed by atoms with Gasteiger partial charge in [-0.2, -0.15) is 13.2 Å². The first-order chi connectivity index (χ1) is 19.2. The molecule has 3 heterocycles. The van der Waals surface area contributed by atoms with Crippen molar-refractivity contribution in [3.8, 4) is 0 Å². The second-order valence-electron chi connectivity index (χ2n) is 10.2. The Labute approximate surface area is 231 Å². The van der Waals surface area contributed by atoms with Crippen LogP contribution in [0.4, 0.5) is 19.0 Å². The van der Waals surface area contributed by atoms with Crippen molar-refractivity contribution >= 4 is 17.7 Å². The Balaban J connectivity index is 1.37. The number of rotatable bonds is 6. The summed E-state index contributed by atoms with van der Waals surface area (Å²) >= 11 is 0. The van der Waals surface area contributed by atoms with Crippen LogP contribution in [0, 0.1) is 6.92 Å². The van der Waals surface area contributed by atoms with E-state index in [4.69, 9.17) is 4.74 Å². The van der Waals surface area contributed by atoms with Crippen LogP contribution in [-0.2, 0) is 14.3 Å². The Hall–Kier alpha value is -3.92. The van der Waals surface area contributed by atoms with Crippen LogP contribution in [0.5, 0.6) is 0 Å². The summed E-state index contributed by atoms with van der Waals surface area (Å²) in [5, 5.41) is 0. The fourth-order valence-electron chi connectivity index (χ4n) is 5.55. The maximum atomic E-state index is 14.0. The highest BCUT2D eigenvalue weighted by molar-refractivity contribution is 5.87. The number of amides is 1. The molecule has 2 saturated heterocycles. The molecule has 40 heavy (non-hydrogen) atoms. The maximum Gasteiger partial charge on any atom is 0.490 e. The van der Waals surface area contributed by atoms with Gasteiger partial charge in [0.15, 0.2) is 0 Å². The van der Waals surface area contributed by atoms with Crippen LogP contribution < -0.4 is 4.90 Å². The van der Waals surface area contributed by atoms with E-state index in [9.17, 15) is 22.8 Å². The summed E-state index contributed by atoms with van der Waals surface area (Å²) in [6.07, 6.45) is -6.22. The number of ether oxygens (including phenoxy) is 1. The first kappa shape index (κ1) is 27.6. The third-order valence-electron chi connectivity index (χ3n) is 7.53. The molecule has 2 aromatic carbocycles. The number of aromatic nitrogens is 1. The smallest absolute Gasteiger partial charge is 0.452 e. The molecule has 7 nitrogen and oxygen atoms in total. The molecule has 10 heteroatoms. The van der Waals surface area contributed by atoms with Gasteiger partial charge in [-0.05, 0) is 30.2 Å². The molecule has 0 spiro atoms. The first-order valence-electron chi connectivity index (χ1n) is 13.3. The fourth-order valence-corrected chi connectivity index (χ4v) is 5.55. The number of esters is 1. The average molecular weight is 553 g/mol. The van der Waals surface area contributed by atoms with Gasteiger partial charge in [-0.15, -0.1) is 0 Å². The monoisotopic (exact) mass is 552 g/mol. The van der Waals surface area contributed by atoms with E-state index in [2.05, 4.69) is 9.88 Å². The molecule has 0 N–H and O–H groups in total. The maximum absolute atomic E-state index is 14.0. The number of nitrogens with zero attached hydrogens (tertiary/aromatic N) is 4. The molecule has 0 bridgehead atoms. The second kappa shape index (κ2) is 11.7.